The molecule has 0 bridgehead atoms. The van der Waals surface area contributed by atoms with E-state index >= 15 is 0 Å². The molecule has 3 aromatic rings. The summed E-state index contributed by atoms with van der Waals surface area (Å²) >= 11 is 4.92. The van der Waals surface area contributed by atoms with Gasteiger partial charge in [-0.2, -0.15) is 0 Å². The van der Waals surface area contributed by atoms with Crippen molar-refractivity contribution in [3.05, 3.63) is 86.5 Å². The van der Waals surface area contributed by atoms with E-state index in [1.807, 2.05) is 30.3 Å². The van der Waals surface area contributed by atoms with E-state index in [-0.39, 0.29) is 5.91 Å². The first-order chi connectivity index (χ1) is 14.4. The van der Waals surface area contributed by atoms with Crippen molar-refractivity contribution in [2.24, 2.45) is 4.99 Å². The largest absolute Gasteiger partial charge is 0.318 e. The Morgan fingerprint density at radius 3 is 2.60 bits per heavy atom. The third-order valence-corrected chi connectivity index (χ3v) is 6.45. The van der Waals surface area contributed by atoms with Gasteiger partial charge in [0.1, 0.15) is 0 Å². The zero-order valence-corrected chi connectivity index (χ0v) is 19.5. The van der Waals surface area contributed by atoms with E-state index in [1.54, 1.807) is 0 Å². The SMILES string of the molecule is CCc1ccc(N=C2NC(=O)/C(=C\c3cc(C)n(-c4cccc(Br)c4)c3C)S2)cc1. The molecular formula is C24H22BrN3OS. The van der Waals surface area contributed by atoms with Crippen molar-refractivity contribution >= 4 is 50.5 Å². The number of rotatable bonds is 4. The maximum absolute atomic E-state index is 12.5. The summed E-state index contributed by atoms with van der Waals surface area (Å²) < 4.78 is 3.23. The molecule has 2 heterocycles. The fraction of sp³-hybridized carbons (Fsp3) is 0.167. The van der Waals surface area contributed by atoms with Gasteiger partial charge in [-0.25, -0.2) is 4.99 Å². The van der Waals surface area contributed by atoms with Crippen LogP contribution in [0.5, 0.6) is 0 Å². The van der Waals surface area contributed by atoms with Crippen molar-refractivity contribution in [1.82, 2.24) is 9.88 Å². The van der Waals surface area contributed by atoms with Gasteiger partial charge in [0, 0.05) is 21.5 Å². The summed E-state index contributed by atoms with van der Waals surface area (Å²) in [4.78, 5) is 17.7. The molecule has 1 aromatic heterocycles. The molecule has 6 heteroatoms. The molecule has 0 radical (unpaired) electrons. The molecule has 1 aliphatic heterocycles. The standard InChI is InChI=1S/C24H22BrN3OS/c1-4-17-8-10-20(11-9-17)26-24-27-23(29)22(30-24)13-18-12-15(2)28(16(18)3)21-7-5-6-19(25)14-21/h5-14H,4H2,1-3H3,(H,26,27,29)/b22-13+. The molecule has 0 unspecified atom stereocenters. The molecule has 1 fully saturated rings. The first kappa shape index (κ1) is 20.7. The number of thioether (sulfide) groups is 1. The second-order valence-electron chi connectivity index (χ2n) is 7.14. The molecule has 2 aromatic carbocycles. The minimum absolute atomic E-state index is 0.115. The molecule has 1 saturated heterocycles. The van der Waals surface area contributed by atoms with Crippen LogP contribution in [-0.4, -0.2) is 15.6 Å². The second-order valence-corrected chi connectivity index (χ2v) is 9.09. The highest BCUT2D eigenvalue weighted by Gasteiger charge is 2.24. The van der Waals surface area contributed by atoms with E-state index in [4.69, 9.17) is 0 Å². The van der Waals surface area contributed by atoms with Gasteiger partial charge >= 0.3 is 0 Å². The topological polar surface area (TPSA) is 46.4 Å². The van der Waals surface area contributed by atoms with Gasteiger partial charge in [0.15, 0.2) is 5.17 Å². The summed E-state index contributed by atoms with van der Waals surface area (Å²) in [5.74, 6) is -0.115. The molecule has 30 heavy (non-hydrogen) atoms. The summed E-state index contributed by atoms with van der Waals surface area (Å²) in [6.07, 6.45) is 2.94. The van der Waals surface area contributed by atoms with Gasteiger partial charge in [0.05, 0.1) is 10.6 Å². The number of carbonyl (C=O) groups excluding carboxylic acids is 1. The maximum atomic E-state index is 12.5. The summed E-state index contributed by atoms with van der Waals surface area (Å²) in [6, 6.07) is 18.4. The minimum Gasteiger partial charge on any atom is -0.318 e. The lowest BCUT2D eigenvalue weighted by atomic mass is 10.2. The number of aliphatic imine (C=N–C) groups is 1. The third-order valence-electron chi connectivity index (χ3n) is 5.05. The zero-order chi connectivity index (χ0) is 21.3. The Balaban J connectivity index is 1.61. The van der Waals surface area contributed by atoms with Crippen LogP contribution in [0.25, 0.3) is 11.8 Å². The number of hydrogen-bond donors (Lipinski definition) is 1. The number of aromatic nitrogens is 1. The summed E-state index contributed by atoms with van der Waals surface area (Å²) in [5, 5.41) is 3.48. The Kier molecular flexibility index (Phi) is 5.97. The van der Waals surface area contributed by atoms with Gasteiger partial charge in [0.2, 0.25) is 0 Å². The van der Waals surface area contributed by atoms with Crippen molar-refractivity contribution in [1.29, 1.82) is 0 Å². The molecule has 0 aliphatic carbocycles. The molecule has 1 N–H and O–H groups in total. The normalized spacial score (nSPS) is 16.5. The number of aryl methyl sites for hydroxylation is 2. The van der Waals surface area contributed by atoms with E-state index in [0.29, 0.717) is 10.1 Å². The van der Waals surface area contributed by atoms with Gasteiger partial charge < -0.3 is 9.88 Å². The van der Waals surface area contributed by atoms with E-state index < -0.39 is 0 Å². The van der Waals surface area contributed by atoms with Crippen LogP contribution in [0.15, 0.2) is 69.0 Å². The first-order valence-electron chi connectivity index (χ1n) is 9.78. The summed E-state index contributed by atoms with van der Waals surface area (Å²) in [7, 11) is 0. The van der Waals surface area contributed by atoms with Crippen LogP contribution in [0, 0.1) is 13.8 Å². The zero-order valence-electron chi connectivity index (χ0n) is 17.1. The minimum atomic E-state index is -0.115. The lowest BCUT2D eigenvalue weighted by Crippen LogP contribution is -2.19. The molecule has 0 spiro atoms. The van der Waals surface area contributed by atoms with E-state index in [0.717, 1.165) is 39.2 Å². The van der Waals surface area contributed by atoms with Crippen LogP contribution >= 0.6 is 27.7 Å². The Bertz CT molecular complexity index is 1180. The van der Waals surface area contributed by atoms with E-state index in [2.05, 4.69) is 81.9 Å². The van der Waals surface area contributed by atoms with Crippen LogP contribution in [0.2, 0.25) is 0 Å². The first-order valence-corrected chi connectivity index (χ1v) is 11.4. The number of amidine groups is 1. The molecule has 152 valence electrons. The predicted molar refractivity (Wildman–Crippen MR) is 130 cm³/mol. The van der Waals surface area contributed by atoms with Crippen molar-refractivity contribution in [2.45, 2.75) is 27.2 Å². The fourth-order valence-corrected chi connectivity index (χ4v) is 4.71. The highest BCUT2D eigenvalue weighted by Crippen LogP contribution is 2.31. The van der Waals surface area contributed by atoms with Gasteiger partial charge in [-0.3, -0.25) is 4.79 Å². The lowest BCUT2D eigenvalue weighted by molar-refractivity contribution is -0.115. The average Bonchev–Trinajstić information content (AvgIpc) is 3.20. The Labute approximate surface area is 189 Å². The maximum Gasteiger partial charge on any atom is 0.264 e. The number of nitrogens with zero attached hydrogens (tertiary/aromatic N) is 2. The highest BCUT2D eigenvalue weighted by molar-refractivity contribution is 9.10. The van der Waals surface area contributed by atoms with Crippen molar-refractivity contribution in [3.63, 3.8) is 0 Å². The van der Waals surface area contributed by atoms with Crippen molar-refractivity contribution in [3.8, 4) is 5.69 Å². The number of halogens is 1. The molecule has 1 amide bonds. The third kappa shape index (κ3) is 4.30. The second kappa shape index (κ2) is 8.66. The van der Waals surface area contributed by atoms with Crippen LogP contribution < -0.4 is 5.32 Å². The van der Waals surface area contributed by atoms with Gasteiger partial charge in [-0.1, -0.05) is 41.1 Å². The number of carbonyl (C=O) groups is 1. The van der Waals surface area contributed by atoms with Crippen molar-refractivity contribution < 1.29 is 4.79 Å². The molecule has 0 atom stereocenters. The van der Waals surface area contributed by atoms with E-state index in [1.165, 1.54) is 17.3 Å². The lowest BCUT2D eigenvalue weighted by Gasteiger charge is -2.10. The highest BCUT2D eigenvalue weighted by atomic mass is 79.9. The van der Waals surface area contributed by atoms with Crippen molar-refractivity contribution in [2.75, 3.05) is 0 Å². The van der Waals surface area contributed by atoms with Crippen LogP contribution in [0.4, 0.5) is 5.69 Å². The summed E-state index contributed by atoms with van der Waals surface area (Å²) in [5.41, 5.74) is 6.43. The van der Waals surface area contributed by atoms with Gasteiger partial charge in [-0.15, -0.1) is 0 Å². The predicted octanol–water partition coefficient (Wildman–Crippen LogP) is 6.31. The number of benzene rings is 2. The molecule has 4 rings (SSSR count). The Morgan fingerprint density at radius 1 is 1.13 bits per heavy atom. The Hall–Kier alpha value is -2.57. The number of nitrogens with one attached hydrogen (secondary N) is 1. The van der Waals surface area contributed by atoms with Crippen LogP contribution in [0.3, 0.4) is 0 Å². The number of hydrogen-bond acceptors (Lipinski definition) is 3. The summed E-state index contributed by atoms with van der Waals surface area (Å²) in [6.45, 7) is 6.27. The smallest absolute Gasteiger partial charge is 0.264 e. The average molecular weight is 480 g/mol. The fourth-order valence-electron chi connectivity index (χ4n) is 3.49. The number of amides is 1. The molecule has 4 nitrogen and oxygen atoms in total. The van der Waals surface area contributed by atoms with Crippen LogP contribution in [-0.2, 0) is 11.2 Å². The molecule has 0 saturated carbocycles. The van der Waals surface area contributed by atoms with Gasteiger partial charge in [0.25, 0.3) is 5.91 Å². The van der Waals surface area contributed by atoms with E-state index in [9.17, 15) is 4.79 Å². The molecule has 1 aliphatic rings. The quantitative estimate of drug-likeness (QED) is 0.445. The Morgan fingerprint density at radius 2 is 1.90 bits per heavy atom. The van der Waals surface area contributed by atoms with Crippen LogP contribution in [0.1, 0.15) is 29.4 Å². The monoisotopic (exact) mass is 479 g/mol. The molecular weight excluding hydrogens is 458 g/mol. The van der Waals surface area contributed by atoms with Gasteiger partial charge in [-0.05, 0) is 85.6 Å².